The number of hydrogen-bond acceptors (Lipinski definition) is 3. The smallest absolute Gasteiger partial charge is 0.124 e. The summed E-state index contributed by atoms with van der Waals surface area (Å²) >= 11 is 1.76. The van der Waals surface area contributed by atoms with E-state index in [-0.39, 0.29) is 0 Å². The standard InChI is InChI=1S/C51H33N3S/c1-4-14-34(15-5-1)38-18-12-21-40(32-38)54-44-23-11-10-22-42(44)49-45(24-13-25-46(49)54)53(39-19-8-3-9-20-39)41-30-28-35-26-27-36-29-31-47-50(48(36)43(35)33-41)52-51(55-47)37-16-6-2-7-17-37/h1-33H. The van der Waals surface area contributed by atoms with Crippen LogP contribution in [-0.2, 0) is 0 Å². The van der Waals surface area contributed by atoms with E-state index < -0.39 is 0 Å². The van der Waals surface area contributed by atoms with Crippen molar-refractivity contribution in [2.45, 2.75) is 0 Å². The van der Waals surface area contributed by atoms with Crippen LogP contribution in [0, 0.1) is 0 Å². The minimum absolute atomic E-state index is 1.04. The van der Waals surface area contributed by atoms with Crippen LogP contribution in [0.25, 0.3) is 81.0 Å². The Hall–Kier alpha value is -7.01. The van der Waals surface area contributed by atoms with Gasteiger partial charge in [-0.15, -0.1) is 11.3 Å². The monoisotopic (exact) mass is 719 g/mol. The maximum atomic E-state index is 5.29. The van der Waals surface area contributed by atoms with Crippen molar-refractivity contribution in [2.75, 3.05) is 4.90 Å². The van der Waals surface area contributed by atoms with Crippen LogP contribution in [0.5, 0.6) is 0 Å². The van der Waals surface area contributed by atoms with Crippen LogP contribution in [-0.4, -0.2) is 9.55 Å². The number of aromatic nitrogens is 2. The first-order valence-electron chi connectivity index (χ1n) is 18.6. The van der Waals surface area contributed by atoms with Gasteiger partial charge in [0.2, 0.25) is 0 Å². The molecule has 55 heavy (non-hydrogen) atoms. The summed E-state index contributed by atoms with van der Waals surface area (Å²) < 4.78 is 3.61. The Balaban J connectivity index is 1.16. The molecule has 11 aromatic rings. The van der Waals surface area contributed by atoms with Gasteiger partial charge in [0.1, 0.15) is 5.01 Å². The molecule has 0 fully saturated rings. The summed E-state index contributed by atoms with van der Waals surface area (Å²) in [4.78, 5) is 7.71. The van der Waals surface area contributed by atoms with Gasteiger partial charge in [0, 0.05) is 38.8 Å². The molecule has 0 aliphatic rings. The third kappa shape index (κ3) is 5.22. The van der Waals surface area contributed by atoms with E-state index in [2.05, 4.69) is 210 Å². The largest absolute Gasteiger partial charge is 0.310 e. The summed E-state index contributed by atoms with van der Waals surface area (Å²) in [5.74, 6) is 0. The zero-order valence-electron chi connectivity index (χ0n) is 29.8. The summed E-state index contributed by atoms with van der Waals surface area (Å²) in [5.41, 5.74) is 11.4. The Kier molecular flexibility index (Phi) is 7.35. The molecular formula is C51H33N3S. The molecule has 4 heteroatoms. The van der Waals surface area contributed by atoms with Crippen molar-refractivity contribution in [1.82, 2.24) is 9.55 Å². The lowest BCUT2D eigenvalue weighted by atomic mass is 9.99. The minimum Gasteiger partial charge on any atom is -0.310 e. The molecule has 0 atom stereocenters. The highest BCUT2D eigenvalue weighted by molar-refractivity contribution is 7.21. The van der Waals surface area contributed by atoms with Gasteiger partial charge in [-0.3, -0.25) is 0 Å². The van der Waals surface area contributed by atoms with Gasteiger partial charge < -0.3 is 9.47 Å². The normalized spacial score (nSPS) is 11.6. The highest BCUT2D eigenvalue weighted by Crippen LogP contribution is 2.45. The first-order valence-corrected chi connectivity index (χ1v) is 19.4. The van der Waals surface area contributed by atoms with E-state index in [1.807, 2.05) is 0 Å². The van der Waals surface area contributed by atoms with Gasteiger partial charge in [0.05, 0.1) is 26.9 Å². The highest BCUT2D eigenvalue weighted by Gasteiger charge is 2.22. The molecule has 3 nitrogen and oxygen atoms in total. The molecule has 9 aromatic carbocycles. The number of nitrogens with zero attached hydrogens (tertiary/aromatic N) is 3. The Bertz CT molecular complexity index is 3200. The molecule has 11 rings (SSSR count). The molecule has 0 spiro atoms. The molecular weight excluding hydrogens is 687 g/mol. The first kappa shape index (κ1) is 31.5. The van der Waals surface area contributed by atoms with E-state index in [4.69, 9.17) is 4.98 Å². The van der Waals surface area contributed by atoms with Crippen molar-refractivity contribution in [3.63, 3.8) is 0 Å². The second kappa shape index (κ2) is 12.8. The molecule has 2 aromatic heterocycles. The number of hydrogen-bond donors (Lipinski definition) is 0. The Morgan fingerprint density at radius 1 is 0.436 bits per heavy atom. The Morgan fingerprint density at radius 2 is 1.09 bits per heavy atom. The molecule has 258 valence electrons. The van der Waals surface area contributed by atoms with Crippen molar-refractivity contribution in [3.8, 4) is 27.4 Å². The number of para-hydroxylation sites is 2. The maximum absolute atomic E-state index is 5.29. The van der Waals surface area contributed by atoms with Crippen LogP contribution in [0.4, 0.5) is 17.1 Å². The van der Waals surface area contributed by atoms with Crippen molar-refractivity contribution in [2.24, 2.45) is 0 Å². The van der Waals surface area contributed by atoms with Gasteiger partial charge in [-0.2, -0.15) is 0 Å². The molecule has 0 unspecified atom stereocenters. The van der Waals surface area contributed by atoms with Gasteiger partial charge in [0.25, 0.3) is 0 Å². The summed E-state index contributed by atoms with van der Waals surface area (Å²) in [7, 11) is 0. The third-order valence-corrected chi connectivity index (χ3v) is 11.8. The first-order chi connectivity index (χ1) is 27.3. The predicted molar refractivity (Wildman–Crippen MR) is 235 cm³/mol. The van der Waals surface area contributed by atoms with E-state index >= 15 is 0 Å². The summed E-state index contributed by atoms with van der Waals surface area (Å²) in [6.45, 7) is 0. The number of fused-ring (bicyclic) bond motifs is 8. The van der Waals surface area contributed by atoms with E-state index in [1.165, 1.54) is 53.7 Å². The number of benzene rings is 9. The molecule has 0 saturated heterocycles. The van der Waals surface area contributed by atoms with Gasteiger partial charge in [0.15, 0.2) is 0 Å². The maximum Gasteiger partial charge on any atom is 0.124 e. The average Bonchev–Trinajstić information content (AvgIpc) is 3.85. The quantitative estimate of drug-likeness (QED) is 0.160. The zero-order chi connectivity index (χ0) is 36.3. The van der Waals surface area contributed by atoms with Gasteiger partial charge in [-0.1, -0.05) is 140 Å². The SMILES string of the molecule is c1ccc(-c2cccc(-n3c4ccccc4c4c(N(c5ccccc5)c5ccc6ccc7ccc8sc(-c9ccccc9)nc8c7c6c5)cccc43)c2)cc1. The second-order valence-electron chi connectivity index (χ2n) is 14.0. The topological polar surface area (TPSA) is 21.1 Å². The van der Waals surface area contributed by atoms with E-state index in [0.29, 0.717) is 0 Å². The molecule has 0 amide bonds. The zero-order valence-corrected chi connectivity index (χ0v) is 30.6. The van der Waals surface area contributed by atoms with Crippen LogP contribution in [0.2, 0.25) is 0 Å². The lowest BCUT2D eigenvalue weighted by molar-refractivity contribution is 1.18. The molecule has 0 N–H and O–H groups in total. The molecule has 0 radical (unpaired) electrons. The fourth-order valence-corrected chi connectivity index (χ4v) is 9.26. The minimum atomic E-state index is 1.04. The summed E-state index contributed by atoms with van der Waals surface area (Å²) in [5, 5.41) is 8.23. The van der Waals surface area contributed by atoms with Crippen LogP contribution < -0.4 is 4.90 Å². The predicted octanol–water partition coefficient (Wildman–Crippen LogP) is 14.5. The molecule has 2 heterocycles. The lowest BCUT2D eigenvalue weighted by Crippen LogP contribution is -2.10. The van der Waals surface area contributed by atoms with E-state index in [9.17, 15) is 0 Å². The van der Waals surface area contributed by atoms with Crippen LogP contribution in [0.1, 0.15) is 0 Å². The summed E-state index contributed by atoms with van der Waals surface area (Å²) in [6, 6.07) is 72.1. The average molecular weight is 720 g/mol. The molecule has 0 bridgehead atoms. The van der Waals surface area contributed by atoms with E-state index in [1.54, 1.807) is 11.3 Å². The van der Waals surface area contributed by atoms with Crippen molar-refractivity contribution in [1.29, 1.82) is 0 Å². The van der Waals surface area contributed by atoms with Crippen LogP contribution >= 0.6 is 11.3 Å². The number of rotatable bonds is 6. The second-order valence-corrected chi connectivity index (χ2v) is 15.0. The van der Waals surface area contributed by atoms with Gasteiger partial charge in [-0.05, 0) is 87.9 Å². The molecule has 0 aliphatic carbocycles. The van der Waals surface area contributed by atoms with Gasteiger partial charge >= 0.3 is 0 Å². The number of thiazole rings is 1. The van der Waals surface area contributed by atoms with Crippen molar-refractivity contribution < 1.29 is 0 Å². The summed E-state index contributed by atoms with van der Waals surface area (Å²) in [6.07, 6.45) is 0. The van der Waals surface area contributed by atoms with Crippen molar-refractivity contribution in [3.05, 3.63) is 200 Å². The third-order valence-electron chi connectivity index (χ3n) is 10.8. The highest BCUT2D eigenvalue weighted by atomic mass is 32.1. The molecule has 0 saturated carbocycles. The molecule has 0 aliphatic heterocycles. The van der Waals surface area contributed by atoms with Crippen LogP contribution in [0.3, 0.4) is 0 Å². The Morgan fingerprint density at radius 3 is 1.93 bits per heavy atom. The van der Waals surface area contributed by atoms with Crippen molar-refractivity contribution >= 4 is 82.0 Å². The lowest BCUT2D eigenvalue weighted by Gasteiger charge is -2.27. The van der Waals surface area contributed by atoms with E-state index in [0.717, 1.165) is 44.4 Å². The van der Waals surface area contributed by atoms with Crippen LogP contribution in [0.15, 0.2) is 200 Å². The number of anilines is 3. The fraction of sp³-hybridized carbons (Fsp3) is 0. The van der Waals surface area contributed by atoms with Gasteiger partial charge in [-0.25, -0.2) is 4.98 Å². The Labute approximate surface area is 322 Å². The fourth-order valence-electron chi connectivity index (χ4n) is 8.28.